The topological polar surface area (TPSA) is 61.8 Å². The molecule has 2 aromatic rings. The van der Waals surface area contributed by atoms with Crippen LogP contribution in [0, 0.1) is 0 Å². The first kappa shape index (κ1) is 44.7. The second-order valence-electron chi connectivity index (χ2n) is 14.1. The quantitative estimate of drug-likeness (QED) is 0.0374. The van der Waals surface area contributed by atoms with Gasteiger partial charge in [0.05, 0.1) is 0 Å². The molecule has 0 aliphatic rings. The highest BCUT2D eigenvalue weighted by Gasteiger charge is 2.47. The van der Waals surface area contributed by atoms with Crippen LogP contribution in [-0.2, 0) is 9.59 Å². The third kappa shape index (κ3) is 17.8. The Bertz CT molecular complexity index is 1560. The molecule has 53 heavy (non-hydrogen) atoms. The predicted octanol–water partition coefficient (Wildman–Crippen LogP) is 13.7. The van der Waals surface area contributed by atoms with Crippen molar-refractivity contribution in [3.05, 3.63) is 127 Å². The van der Waals surface area contributed by atoms with Gasteiger partial charge in [-0.25, -0.2) is 0 Å². The van der Waals surface area contributed by atoms with Crippen LogP contribution in [0.25, 0.3) is 12.2 Å². The average molecular weight is 737 g/mol. The molecule has 0 aliphatic heterocycles. The SMILES string of the molecule is CCC=CCC=CCC=CCC=CCC=CCC=CCCC(=O)Oc1cc(/C=C/c2ccc(OC(C)=O)cc2)cc(O[Si](C(C)C)(C(C)C)C(C)C)c1. The fourth-order valence-electron chi connectivity index (χ4n) is 6.39. The summed E-state index contributed by atoms with van der Waals surface area (Å²) < 4.78 is 18.0. The minimum atomic E-state index is -2.25. The summed E-state index contributed by atoms with van der Waals surface area (Å²) in [5.41, 5.74) is 2.99. The summed E-state index contributed by atoms with van der Waals surface area (Å²) in [6.07, 6.45) is 36.7. The van der Waals surface area contributed by atoms with E-state index in [0.29, 0.717) is 34.5 Å². The van der Waals surface area contributed by atoms with Gasteiger partial charge in [-0.05, 0) is 97.0 Å². The Morgan fingerprint density at radius 2 is 1.02 bits per heavy atom. The van der Waals surface area contributed by atoms with Gasteiger partial charge in [0.15, 0.2) is 0 Å². The summed E-state index contributed by atoms with van der Waals surface area (Å²) in [6.45, 7) is 17.1. The summed E-state index contributed by atoms with van der Waals surface area (Å²) >= 11 is 0. The lowest BCUT2D eigenvalue weighted by atomic mass is 10.1. The number of ether oxygens (including phenoxy) is 2. The molecule has 0 saturated heterocycles. The molecule has 0 saturated carbocycles. The van der Waals surface area contributed by atoms with E-state index in [0.717, 1.165) is 55.4 Å². The monoisotopic (exact) mass is 736 g/mol. The fraction of sp³-hybridized carbons (Fsp3) is 0.404. The summed E-state index contributed by atoms with van der Waals surface area (Å²) in [6, 6.07) is 13.1. The molecular formula is C47H64O5Si. The van der Waals surface area contributed by atoms with Crippen LogP contribution in [0.4, 0.5) is 0 Å². The maximum Gasteiger partial charge on any atom is 0.311 e. The number of carbonyl (C=O) groups is 2. The number of allylic oxidation sites excluding steroid dienone is 12. The first-order chi connectivity index (χ1) is 25.5. The largest absolute Gasteiger partial charge is 0.543 e. The molecule has 0 heterocycles. The third-order valence-corrected chi connectivity index (χ3v) is 14.9. The van der Waals surface area contributed by atoms with Crippen LogP contribution < -0.4 is 13.9 Å². The van der Waals surface area contributed by atoms with Crippen LogP contribution in [0.5, 0.6) is 17.2 Å². The van der Waals surface area contributed by atoms with E-state index in [-0.39, 0.29) is 18.4 Å². The van der Waals surface area contributed by atoms with Crippen molar-refractivity contribution in [1.29, 1.82) is 0 Å². The molecule has 0 atom stereocenters. The zero-order valence-corrected chi connectivity index (χ0v) is 34.6. The van der Waals surface area contributed by atoms with Crippen LogP contribution in [0.3, 0.4) is 0 Å². The van der Waals surface area contributed by atoms with Crippen LogP contribution in [-0.4, -0.2) is 20.3 Å². The Kier molecular flexibility index (Phi) is 21.6. The zero-order chi connectivity index (χ0) is 38.9. The lowest BCUT2D eigenvalue weighted by Crippen LogP contribution is -2.50. The van der Waals surface area contributed by atoms with Crippen molar-refractivity contribution in [2.24, 2.45) is 0 Å². The van der Waals surface area contributed by atoms with Gasteiger partial charge >= 0.3 is 11.9 Å². The molecule has 0 fully saturated rings. The van der Waals surface area contributed by atoms with Gasteiger partial charge in [-0.1, -0.05) is 146 Å². The van der Waals surface area contributed by atoms with Gasteiger partial charge in [-0.2, -0.15) is 0 Å². The van der Waals surface area contributed by atoms with Crippen molar-refractivity contribution in [3.8, 4) is 17.2 Å². The molecule has 2 aromatic carbocycles. The van der Waals surface area contributed by atoms with E-state index in [1.807, 2.05) is 48.6 Å². The molecule has 6 heteroatoms. The number of carbonyl (C=O) groups excluding carboxylic acids is 2. The van der Waals surface area contributed by atoms with Crippen molar-refractivity contribution < 1.29 is 23.5 Å². The lowest BCUT2D eigenvalue weighted by molar-refractivity contribution is -0.134. The van der Waals surface area contributed by atoms with Crippen LogP contribution in [0.1, 0.15) is 118 Å². The highest BCUT2D eigenvalue weighted by molar-refractivity contribution is 6.78. The van der Waals surface area contributed by atoms with Gasteiger partial charge in [-0.15, -0.1) is 0 Å². The van der Waals surface area contributed by atoms with Gasteiger partial charge in [0.2, 0.25) is 0 Å². The molecule has 0 N–H and O–H groups in total. The standard InChI is InChI=1S/C47H64O5Si/c1-9-10-11-12-13-14-15-16-17-18-19-20-21-22-23-24-25-26-27-28-47(49)51-45-35-43(30-29-42-31-33-44(34-32-42)50-41(8)48)36-46(37-45)52-53(38(2)3,39(4)5)40(6)7/h10-11,13-14,16-17,19-20,22-23,25-26,29-40H,9,12,15,18,21,24,27-28H2,1-8H3/b11-10?,14-13?,17-16?,20-19?,23-22?,26-25?,30-29+. The summed E-state index contributed by atoms with van der Waals surface area (Å²) in [7, 11) is -2.25. The minimum Gasteiger partial charge on any atom is -0.543 e. The Labute approximate surface area is 322 Å². The maximum atomic E-state index is 12.9. The molecule has 0 aromatic heterocycles. The summed E-state index contributed by atoms with van der Waals surface area (Å²) in [5.74, 6) is 1.06. The summed E-state index contributed by atoms with van der Waals surface area (Å²) in [5, 5.41) is 0. The van der Waals surface area contributed by atoms with Crippen molar-refractivity contribution in [2.45, 2.75) is 123 Å². The van der Waals surface area contributed by atoms with E-state index in [1.54, 1.807) is 12.1 Å². The van der Waals surface area contributed by atoms with Crippen LogP contribution >= 0.6 is 0 Å². The van der Waals surface area contributed by atoms with E-state index < -0.39 is 8.32 Å². The number of rotatable bonds is 23. The first-order valence-corrected chi connectivity index (χ1v) is 21.5. The summed E-state index contributed by atoms with van der Waals surface area (Å²) in [4.78, 5) is 24.2. The first-order valence-electron chi connectivity index (χ1n) is 19.4. The molecule has 0 aliphatic carbocycles. The molecular weight excluding hydrogens is 673 g/mol. The number of benzene rings is 2. The molecule has 2 rings (SSSR count). The third-order valence-electron chi connectivity index (χ3n) is 8.86. The van der Waals surface area contributed by atoms with Gasteiger partial charge in [0, 0.05) is 19.4 Å². The highest BCUT2D eigenvalue weighted by atomic mass is 28.4. The molecule has 286 valence electrons. The van der Waals surface area contributed by atoms with Crippen molar-refractivity contribution in [1.82, 2.24) is 0 Å². The maximum absolute atomic E-state index is 12.9. The number of esters is 2. The van der Waals surface area contributed by atoms with Crippen molar-refractivity contribution in [3.63, 3.8) is 0 Å². The normalized spacial score (nSPS) is 12.9. The second-order valence-corrected chi connectivity index (χ2v) is 19.5. The van der Waals surface area contributed by atoms with E-state index in [9.17, 15) is 9.59 Å². The van der Waals surface area contributed by atoms with E-state index in [2.05, 4.69) is 115 Å². The van der Waals surface area contributed by atoms with Gasteiger partial charge < -0.3 is 13.9 Å². The van der Waals surface area contributed by atoms with E-state index in [4.69, 9.17) is 13.9 Å². The second kappa shape index (κ2) is 25.5. The Hall–Kier alpha value is -4.42. The van der Waals surface area contributed by atoms with E-state index in [1.165, 1.54) is 6.92 Å². The highest BCUT2D eigenvalue weighted by Crippen LogP contribution is 2.43. The lowest BCUT2D eigenvalue weighted by Gasteiger charge is -2.42. The number of hydrogen-bond donors (Lipinski definition) is 0. The molecule has 0 bridgehead atoms. The minimum absolute atomic E-state index is 0.280. The fourth-order valence-corrected chi connectivity index (χ4v) is 11.6. The van der Waals surface area contributed by atoms with Crippen LogP contribution in [0.2, 0.25) is 16.6 Å². The van der Waals surface area contributed by atoms with Gasteiger partial charge in [0.1, 0.15) is 17.2 Å². The molecule has 5 nitrogen and oxygen atoms in total. The Morgan fingerprint density at radius 3 is 1.49 bits per heavy atom. The smallest absolute Gasteiger partial charge is 0.311 e. The van der Waals surface area contributed by atoms with Crippen molar-refractivity contribution in [2.75, 3.05) is 0 Å². The van der Waals surface area contributed by atoms with Gasteiger partial charge in [0.25, 0.3) is 8.32 Å². The molecule has 0 unspecified atom stereocenters. The number of hydrogen-bond acceptors (Lipinski definition) is 5. The van der Waals surface area contributed by atoms with E-state index >= 15 is 0 Å². The zero-order valence-electron chi connectivity index (χ0n) is 33.6. The Morgan fingerprint density at radius 1 is 0.566 bits per heavy atom. The van der Waals surface area contributed by atoms with Gasteiger partial charge in [-0.3, -0.25) is 9.59 Å². The Balaban J connectivity index is 1.97. The predicted molar refractivity (Wildman–Crippen MR) is 228 cm³/mol. The molecule has 0 amide bonds. The molecule has 0 spiro atoms. The van der Waals surface area contributed by atoms with Crippen LogP contribution in [0.15, 0.2) is 115 Å². The molecule has 0 radical (unpaired) electrons. The van der Waals surface area contributed by atoms with Crippen molar-refractivity contribution >= 4 is 32.4 Å². The average Bonchev–Trinajstić information content (AvgIpc) is 3.10.